The molecule has 0 aromatic heterocycles. The van der Waals surface area contributed by atoms with Gasteiger partial charge in [0.1, 0.15) is 17.5 Å². The summed E-state index contributed by atoms with van der Waals surface area (Å²) in [6.07, 6.45) is 2.04. The van der Waals surface area contributed by atoms with Gasteiger partial charge in [0.25, 0.3) is 5.91 Å². The number of hydrogen-bond donors (Lipinski definition) is 2. The summed E-state index contributed by atoms with van der Waals surface area (Å²) in [7, 11) is 1.58. The molecule has 2 amide bonds. The SMILES string of the molecule is COc1ccc(N2N=C(C(N)=O)C3CCN(CCCCO)C(=O)C32)cc1. The predicted octanol–water partition coefficient (Wildman–Crippen LogP) is 0.346. The highest BCUT2D eigenvalue weighted by atomic mass is 16.5. The maximum atomic E-state index is 13.0. The van der Waals surface area contributed by atoms with E-state index in [1.165, 1.54) is 0 Å². The van der Waals surface area contributed by atoms with Crippen LogP contribution >= 0.6 is 0 Å². The van der Waals surface area contributed by atoms with Crippen LogP contribution in [-0.2, 0) is 9.59 Å². The standard InChI is InChI=1S/C18H24N4O4/c1-26-13-6-4-12(5-7-13)22-16-14(15(20-22)17(19)24)8-10-21(18(16)25)9-2-3-11-23/h4-7,14,16,23H,2-3,8-11H2,1H3,(H2,19,24). The zero-order valence-electron chi connectivity index (χ0n) is 14.8. The number of nitrogens with zero attached hydrogens (tertiary/aromatic N) is 3. The Hall–Kier alpha value is -2.61. The number of primary amides is 1. The Morgan fingerprint density at radius 2 is 2.08 bits per heavy atom. The molecule has 8 heteroatoms. The number of fused-ring (bicyclic) bond motifs is 1. The molecule has 1 aromatic rings. The number of anilines is 1. The molecule has 1 aromatic carbocycles. The van der Waals surface area contributed by atoms with Gasteiger partial charge < -0.3 is 20.5 Å². The maximum Gasteiger partial charge on any atom is 0.265 e. The number of amides is 2. The van der Waals surface area contributed by atoms with Gasteiger partial charge in [0.05, 0.1) is 12.8 Å². The summed E-state index contributed by atoms with van der Waals surface area (Å²) < 4.78 is 5.17. The fourth-order valence-electron chi connectivity index (χ4n) is 3.56. The van der Waals surface area contributed by atoms with E-state index in [1.54, 1.807) is 41.3 Å². The predicted molar refractivity (Wildman–Crippen MR) is 96.9 cm³/mol. The summed E-state index contributed by atoms with van der Waals surface area (Å²) in [4.78, 5) is 26.7. The number of piperidine rings is 1. The number of aliphatic hydroxyl groups is 1. The van der Waals surface area contributed by atoms with E-state index in [9.17, 15) is 9.59 Å². The van der Waals surface area contributed by atoms with Gasteiger partial charge in [0, 0.05) is 25.6 Å². The second-order valence-electron chi connectivity index (χ2n) is 6.49. The van der Waals surface area contributed by atoms with Crippen molar-refractivity contribution in [1.29, 1.82) is 0 Å². The number of nitrogens with two attached hydrogens (primary N) is 1. The fourth-order valence-corrected chi connectivity index (χ4v) is 3.56. The van der Waals surface area contributed by atoms with E-state index in [0.29, 0.717) is 37.4 Å². The third-order valence-electron chi connectivity index (χ3n) is 4.91. The lowest BCUT2D eigenvalue weighted by atomic mass is 9.87. The van der Waals surface area contributed by atoms with Gasteiger partial charge in [-0.3, -0.25) is 14.6 Å². The van der Waals surface area contributed by atoms with E-state index in [2.05, 4.69) is 5.10 Å². The van der Waals surface area contributed by atoms with Gasteiger partial charge in [-0.1, -0.05) is 0 Å². The molecule has 26 heavy (non-hydrogen) atoms. The minimum absolute atomic E-state index is 0.0602. The van der Waals surface area contributed by atoms with Crippen molar-refractivity contribution in [2.24, 2.45) is 16.8 Å². The number of likely N-dealkylation sites (tertiary alicyclic amines) is 1. The number of ether oxygens (including phenoxy) is 1. The van der Waals surface area contributed by atoms with Crippen molar-refractivity contribution in [2.45, 2.75) is 25.3 Å². The molecule has 2 heterocycles. The zero-order chi connectivity index (χ0) is 18.7. The quantitative estimate of drug-likeness (QED) is 0.682. The van der Waals surface area contributed by atoms with Gasteiger partial charge in [0.15, 0.2) is 0 Å². The normalized spacial score (nSPS) is 22.2. The second kappa shape index (κ2) is 7.74. The smallest absolute Gasteiger partial charge is 0.265 e. The first kappa shape index (κ1) is 18.2. The first-order valence-corrected chi connectivity index (χ1v) is 8.78. The first-order chi connectivity index (χ1) is 12.6. The van der Waals surface area contributed by atoms with Crippen LogP contribution in [0.25, 0.3) is 0 Å². The summed E-state index contributed by atoms with van der Waals surface area (Å²) in [5, 5.41) is 14.9. The Bertz CT molecular complexity index is 704. The average Bonchev–Trinajstić information content (AvgIpc) is 3.04. The molecular weight excluding hydrogens is 336 g/mol. The van der Waals surface area contributed by atoms with Crippen molar-refractivity contribution >= 4 is 23.2 Å². The number of unbranched alkanes of at least 4 members (excludes halogenated alkanes) is 1. The second-order valence-corrected chi connectivity index (χ2v) is 6.49. The highest BCUT2D eigenvalue weighted by Crippen LogP contribution is 2.35. The van der Waals surface area contributed by atoms with Crippen LogP contribution in [-0.4, -0.2) is 60.4 Å². The molecule has 0 radical (unpaired) electrons. The summed E-state index contributed by atoms with van der Waals surface area (Å²) in [5.74, 6) is -0.243. The molecule has 140 valence electrons. The zero-order valence-corrected chi connectivity index (χ0v) is 14.8. The first-order valence-electron chi connectivity index (χ1n) is 8.78. The largest absolute Gasteiger partial charge is 0.497 e. The van der Waals surface area contributed by atoms with Crippen LogP contribution in [0.5, 0.6) is 5.75 Å². The van der Waals surface area contributed by atoms with E-state index >= 15 is 0 Å². The molecule has 2 aliphatic heterocycles. The Morgan fingerprint density at radius 1 is 1.35 bits per heavy atom. The van der Waals surface area contributed by atoms with Crippen LogP contribution in [0.1, 0.15) is 19.3 Å². The van der Waals surface area contributed by atoms with Crippen LogP contribution in [0.15, 0.2) is 29.4 Å². The van der Waals surface area contributed by atoms with Gasteiger partial charge in [-0.15, -0.1) is 0 Å². The lowest BCUT2D eigenvalue weighted by molar-refractivity contribution is -0.135. The van der Waals surface area contributed by atoms with Crippen LogP contribution in [0, 0.1) is 5.92 Å². The molecule has 3 rings (SSSR count). The molecule has 1 fully saturated rings. The van der Waals surface area contributed by atoms with Crippen molar-refractivity contribution in [3.63, 3.8) is 0 Å². The number of benzene rings is 1. The Labute approximate surface area is 152 Å². The van der Waals surface area contributed by atoms with Crippen LogP contribution in [0.4, 0.5) is 5.69 Å². The molecule has 0 bridgehead atoms. The van der Waals surface area contributed by atoms with Gasteiger partial charge >= 0.3 is 0 Å². The van der Waals surface area contributed by atoms with Crippen molar-refractivity contribution < 1.29 is 19.4 Å². The maximum absolute atomic E-state index is 13.0. The molecule has 0 spiro atoms. The molecule has 2 unspecified atom stereocenters. The van der Waals surface area contributed by atoms with E-state index in [1.807, 2.05) is 0 Å². The minimum atomic E-state index is -0.586. The third-order valence-corrected chi connectivity index (χ3v) is 4.91. The topological polar surface area (TPSA) is 108 Å². The van der Waals surface area contributed by atoms with E-state index < -0.39 is 11.9 Å². The molecule has 8 nitrogen and oxygen atoms in total. The molecule has 0 saturated carbocycles. The number of carbonyl (C=O) groups is 2. The Kier molecular flexibility index (Phi) is 5.41. The average molecular weight is 360 g/mol. The highest BCUT2D eigenvalue weighted by Gasteiger charge is 2.48. The Balaban J connectivity index is 1.86. The molecular formula is C18H24N4O4. The number of hydrazone groups is 1. The monoisotopic (exact) mass is 360 g/mol. The van der Waals surface area contributed by atoms with Crippen LogP contribution < -0.4 is 15.5 Å². The molecule has 0 aliphatic carbocycles. The molecule has 2 aliphatic rings. The van der Waals surface area contributed by atoms with Crippen molar-refractivity contribution in [2.75, 3.05) is 31.8 Å². The highest BCUT2D eigenvalue weighted by molar-refractivity contribution is 6.40. The number of methoxy groups -OCH3 is 1. The van der Waals surface area contributed by atoms with Gasteiger partial charge in [-0.2, -0.15) is 5.10 Å². The minimum Gasteiger partial charge on any atom is -0.497 e. The van der Waals surface area contributed by atoms with E-state index in [0.717, 1.165) is 6.42 Å². The Morgan fingerprint density at radius 3 is 2.69 bits per heavy atom. The number of carbonyl (C=O) groups excluding carboxylic acids is 2. The van der Waals surface area contributed by atoms with Crippen molar-refractivity contribution in [3.8, 4) is 5.75 Å². The molecule has 3 N–H and O–H groups in total. The van der Waals surface area contributed by atoms with Gasteiger partial charge in [-0.05, 0) is 43.5 Å². The molecule has 1 saturated heterocycles. The number of rotatable bonds is 7. The van der Waals surface area contributed by atoms with Crippen LogP contribution in [0.2, 0.25) is 0 Å². The summed E-state index contributed by atoms with van der Waals surface area (Å²) in [6, 6.07) is 6.62. The summed E-state index contributed by atoms with van der Waals surface area (Å²) in [6.45, 7) is 1.26. The van der Waals surface area contributed by atoms with E-state index in [-0.39, 0.29) is 24.1 Å². The third kappa shape index (κ3) is 3.37. The van der Waals surface area contributed by atoms with E-state index in [4.69, 9.17) is 15.6 Å². The lowest BCUT2D eigenvalue weighted by Gasteiger charge is -2.37. The lowest BCUT2D eigenvalue weighted by Crippen LogP contribution is -2.55. The van der Waals surface area contributed by atoms with Gasteiger partial charge in [-0.25, -0.2) is 0 Å². The summed E-state index contributed by atoms with van der Waals surface area (Å²) in [5.41, 5.74) is 6.47. The number of hydrogen-bond acceptors (Lipinski definition) is 6. The van der Waals surface area contributed by atoms with Gasteiger partial charge in [0.2, 0.25) is 5.91 Å². The van der Waals surface area contributed by atoms with Crippen molar-refractivity contribution in [1.82, 2.24) is 4.90 Å². The van der Waals surface area contributed by atoms with Crippen LogP contribution in [0.3, 0.4) is 0 Å². The van der Waals surface area contributed by atoms with Crippen molar-refractivity contribution in [3.05, 3.63) is 24.3 Å². The fraction of sp³-hybridized carbons (Fsp3) is 0.500. The summed E-state index contributed by atoms with van der Waals surface area (Å²) >= 11 is 0. The molecule has 2 atom stereocenters. The number of aliphatic hydroxyl groups excluding tert-OH is 1.